The number of carbonyl (C=O) groups is 1. The summed E-state index contributed by atoms with van der Waals surface area (Å²) in [5.41, 5.74) is 4.03. The van der Waals surface area contributed by atoms with Gasteiger partial charge in [-0.25, -0.2) is 5.43 Å². The molecule has 0 aromatic heterocycles. The molecule has 0 aliphatic rings. The number of amides is 1. The molecule has 1 amide bonds. The Bertz CT molecular complexity index is 649. The molecule has 106 valence electrons. The fourth-order valence-corrected chi connectivity index (χ4v) is 1.69. The number of hydrogen-bond donors (Lipinski definition) is 1. The van der Waals surface area contributed by atoms with Crippen molar-refractivity contribution in [1.82, 2.24) is 5.43 Å². The summed E-state index contributed by atoms with van der Waals surface area (Å²) in [6.07, 6.45) is 5.20. The molecule has 0 atom stereocenters. The Labute approximate surface area is 123 Å². The van der Waals surface area contributed by atoms with Gasteiger partial charge in [-0.2, -0.15) is 5.10 Å². The predicted octanol–water partition coefficient (Wildman–Crippen LogP) is 3.12. The molecule has 4 heteroatoms. The molecule has 2 rings (SSSR count). The zero-order chi connectivity index (χ0) is 14.9. The van der Waals surface area contributed by atoms with Crippen molar-refractivity contribution >= 4 is 18.2 Å². The maximum absolute atomic E-state index is 11.8. The maximum Gasteiger partial charge on any atom is 0.271 e. The van der Waals surface area contributed by atoms with Crippen molar-refractivity contribution < 1.29 is 9.53 Å². The Kier molecular flexibility index (Phi) is 5.29. The van der Waals surface area contributed by atoms with Crippen molar-refractivity contribution in [2.45, 2.75) is 0 Å². The van der Waals surface area contributed by atoms with Gasteiger partial charge in [0.2, 0.25) is 0 Å². The number of hydrogen-bond acceptors (Lipinski definition) is 3. The highest BCUT2D eigenvalue weighted by atomic mass is 16.5. The number of allylic oxidation sites excluding steroid dienone is 1. The second-order valence-electron chi connectivity index (χ2n) is 4.22. The molecule has 2 aromatic carbocycles. The number of nitrogens with zero attached hydrogens (tertiary/aromatic N) is 1. The number of benzene rings is 2. The van der Waals surface area contributed by atoms with Crippen molar-refractivity contribution in [2.24, 2.45) is 5.10 Å². The van der Waals surface area contributed by atoms with E-state index < -0.39 is 0 Å². The molecule has 0 unspecified atom stereocenters. The lowest BCUT2D eigenvalue weighted by Crippen LogP contribution is -2.17. The van der Waals surface area contributed by atoms with Gasteiger partial charge in [0, 0.05) is 11.8 Å². The smallest absolute Gasteiger partial charge is 0.271 e. The zero-order valence-corrected chi connectivity index (χ0v) is 11.7. The Hall–Kier alpha value is -2.88. The minimum atomic E-state index is -0.279. The van der Waals surface area contributed by atoms with Gasteiger partial charge in [0.15, 0.2) is 0 Å². The van der Waals surface area contributed by atoms with Gasteiger partial charge < -0.3 is 4.74 Å². The fraction of sp³-hybridized carbons (Fsp3) is 0.0588. The molecule has 0 radical (unpaired) electrons. The standard InChI is InChI=1S/C17H16N2O2/c1-21-16-11-5-10-15(13-16)17(20)19-18-12-6-9-14-7-3-2-4-8-14/h2-13H,1H3,(H,19,20)/b9-6+,18-12-. The van der Waals surface area contributed by atoms with Crippen LogP contribution in [-0.2, 0) is 0 Å². The van der Waals surface area contributed by atoms with Crippen LogP contribution in [0.25, 0.3) is 6.08 Å². The molecule has 0 saturated carbocycles. The second kappa shape index (κ2) is 7.65. The first kappa shape index (κ1) is 14.5. The molecule has 0 saturated heterocycles. The summed E-state index contributed by atoms with van der Waals surface area (Å²) in [5, 5.41) is 3.87. The monoisotopic (exact) mass is 280 g/mol. The van der Waals surface area contributed by atoms with Crippen molar-refractivity contribution in [3.8, 4) is 5.75 Å². The third-order valence-electron chi connectivity index (χ3n) is 2.75. The Balaban J connectivity index is 1.88. The fourth-order valence-electron chi connectivity index (χ4n) is 1.69. The first-order valence-corrected chi connectivity index (χ1v) is 6.49. The van der Waals surface area contributed by atoms with Crippen molar-refractivity contribution in [1.29, 1.82) is 0 Å². The van der Waals surface area contributed by atoms with Crippen molar-refractivity contribution in [3.63, 3.8) is 0 Å². The van der Waals surface area contributed by atoms with E-state index in [4.69, 9.17) is 4.74 Å². The second-order valence-corrected chi connectivity index (χ2v) is 4.22. The van der Waals surface area contributed by atoms with E-state index in [1.807, 2.05) is 36.4 Å². The van der Waals surface area contributed by atoms with E-state index >= 15 is 0 Å². The summed E-state index contributed by atoms with van der Waals surface area (Å²) in [6, 6.07) is 16.7. The van der Waals surface area contributed by atoms with Crippen molar-refractivity contribution in [3.05, 3.63) is 71.8 Å². The zero-order valence-electron chi connectivity index (χ0n) is 11.7. The predicted molar refractivity (Wildman–Crippen MR) is 84.4 cm³/mol. The highest BCUT2D eigenvalue weighted by Crippen LogP contribution is 2.12. The molecule has 21 heavy (non-hydrogen) atoms. The molecule has 4 nitrogen and oxygen atoms in total. The van der Waals surface area contributed by atoms with Gasteiger partial charge in [0.1, 0.15) is 5.75 Å². The maximum atomic E-state index is 11.8. The number of carbonyl (C=O) groups excluding carboxylic acids is 1. The van der Waals surface area contributed by atoms with E-state index in [0.29, 0.717) is 11.3 Å². The van der Waals surface area contributed by atoms with Gasteiger partial charge >= 0.3 is 0 Å². The highest BCUT2D eigenvalue weighted by Gasteiger charge is 2.04. The first-order chi connectivity index (χ1) is 10.3. The summed E-state index contributed by atoms with van der Waals surface area (Å²) < 4.78 is 5.07. The largest absolute Gasteiger partial charge is 0.497 e. The number of rotatable bonds is 5. The summed E-state index contributed by atoms with van der Waals surface area (Å²) in [6.45, 7) is 0. The average molecular weight is 280 g/mol. The molecular weight excluding hydrogens is 264 g/mol. The third kappa shape index (κ3) is 4.62. The van der Waals surface area contributed by atoms with Crippen LogP contribution in [0, 0.1) is 0 Å². The van der Waals surface area contributed by atoms with Crippen LogP contribution in [0.1, 0.15) is 15.9 Å². The minimum Gasteiger partial charge on any atom is -0.497 e. The van der Waals surface area contributed by atoms with Crippen LogP contribution in [0.2, 0.25) is 0 Å². The quantitative estimate of drug-likeness (QED) is 0.675. The summed E-state index contributed by atoms with van der Waals surface area (Å²) in [7, 11) is 1.56. The van der Waals surface area contributed by atoms with Crippen LogP contribution in [0.5, 0.6) is 5.75 Å². The molecular formula is C17H16N2O2. The molecule has 0 bridgehead atoms. The van der Waals surface area contributed by atoms with Crippen LogP contribution < -0.4 is 10.2 Å². The third-order valence-corrected chi connectivity index (χ3v) is 2.75. The number of hydrazone groups is 1. The normalized spacial score (nSPS) is 10.9. The van der Waals surface area contributed by atoms with Crippen molar-refractivity contribution in [2.75, 3.05) is 7.11 Å². The summed E-state index contributed by atoms with van der Waals surface area (Å²) in [4.78, 5) is 11.8. The molecule has 0 aliphatic heterocycles. The minimum absolute atomic E-state index is 0.279. The number of methoxy groups -OCH3 is 1. The lowest BCUT2D eigenvalue weighted by Gasteiger charge is -2.02. The number of ether oxygens (including phenoxy) is 1. The summed E-state index contributed by atoms with van der Waals surface area (Å²) in [5.74, 6) is 0.355. The molecule has 2 aromatic rings. The van der Waals surface area contributed by atoms with E-state index in [0.717, 1.165) is 5.56 Å². The van der Waals surface area contributed by atoms with E-state index in [2.05, 4.69) is 10.5 Å². The highest BCUT2D eigenvalue weighted by molar-refractivity contribution is 5.95. The summed E-state index contributed by atoms with van der Waals surface area (Å²) >= 11 is 0. The lowest BCUT2D eigenvalue weighted by atomic mass is 10.2. The number of nitrogens with one attached hydrogen (secondary N) is 1. The van der Waals surface area contributed by atoms with Crippen LogP contribution in [0.15, 0.2) is 65.8 Å². The van der Waals surface area contributed by atoms with Crippen LogP contribution in [-0.4, -0.2) is 19.2 Å². The van der Waals surface area contributed by atoms with Gasteiger partial charge in [0.05, 0.1) is 7.11 Å². The Morgan fingerprint density at radius 3 is 2.71 bits per heavy atom. The Morgan fingerprint density at radius 2 is 1.95 bits per heavy atom. The molecule has 0 fully saturated rings. The first-order valence-electron chi connectivity index (χ1n) is 6.49. The molecule has 1 N–H and O–H groups in total. The molecule has 0 aliphatic carbocycles. The topological polar surface area (TPSA) is 50.7 Å². The van der Waals surface area contributed by atoms with Crippen LogP contribution >= 0.6 is 0 Å². The SMILES string of the molecule is COc1cccc(C(=O)N/N=C\C=C\c2ccccc2)c1. The molecule has 0 heterocycles. The molecule has 0 spiro atoms. The van der Waals surface area contributed by atoms with Gasteiger partial charge in [0.25, 0.3) is 5.91 Å². The van der Waals surface area contributed by atoms with Gasteiger partial charge in [-0.15, -0.1) is 0 Å². The van der Waals surface area contributed by atoms with Gasteiger partial charge in [-0.3, -0.25) is 4.79 Å². The van der Waals surface area contributed by atoms with Gasteiger partial charge in [-0.1, -0.05) is 42.5 Å². The van der Waals surface area contributed by atoms with E-state index in [9.17, 15) is 4.79 Å². The average Bonchev–Trinajstić information content (AvgIpc) is 2.55. The van der Waals surface area contributed by atoms with Crippen LogP contribution in [0.3, 0.4) is 0 Å². The van der Waals surface area contributed by atoms with E-state index in [-0.39, 0.29) is 5.91 Å². The Morgan fingerprint density at radius 1 is 1.14 bits per heavy atom. The van der Waals surface area contributed by atoms with Gasteiger partial charge in [-0.05, 0) is 29.8 Å². The lowest BCUT2D eigenvalue weighted by molar-refractivity contribution is 0.0955. The van der Waals surface area contributed by atoms with E-state index in [1.165, 1.54) is 6.21 Å². The van der Waals surface area contributed by atoms with Crippen LogP contribution in [0.4, 0.5) is 0 Å². The van der Waals surface area contributed by atoms with E-state index in [1.54, 1.807) is 37.5 Å².